The summed E-state index contributed by atoms with van der Waals surface area (Å²) in [5.74, 6) is 0.950. The monoisotopic (exact) mass is 321 g/mol. The summed E-state index contributed by atoms with van der Waals surface area (Å²) in [7, 11) is 1.71. The molecule has 0 saturated heterocycles. The van der Waals surface area contributed by atoms with Gasteiger partial charge in [0.1, 0.15) is 5.75 Å². The van der Waals surface area contributed by atoms with Crippen LogP contribution < -0.4 is 10.1 Å². The minimum Gasteiger partial charge on any atom is -0.496 e. The summed E-state index contributed by atoms with van der Waals surface area (Å²) < 4.78 is 6.41. The van der Waals surface area contributed by atoms with Crippen molar-refractivity contribution in [1.29, 1.82) is 0 Å². The smallest absolute Gasteiger partial charge is 0.123 e. The van der Waals surface area contributed by atoms with Gasteiger partial charge < -0.3 is 10.1 Å². The first-order chi connectivity index (χ1) is 7.77. The molecule has 1 rings (SSSR count). The Balaban J connectivity index is 0.00000256. The third-order valence-electron chi connectivity index (χ3n) is 2.52. The Bertz CT molecular complexity index is 320. The molecule has 4 heteroatoms. The van der Waals surface area contributed by atoms with Crippen molar-refractivity contribution in [3.05, 3.63) is 28.2 Å². The van der Waals surface area contributed by atoms with E-state index < -0.39 is 0 Å². The SMILES string of the molecule is CCCCCNCc1cc(Br)ccc1OC.Cl. The summed E-state index contributed by atoms with van der Waals surface area (Å²) in [6, 6.07) is 6.10. The second-order valence-corrected chi connectivity index (χ2v) is 4.76. The standard InChI is InChI=1S/C13H20BrNO.ClH/c1-3-4-5-8-15-10-11-9-12(14)6-7-13(11)16-2;/h6-7,9,15H,3-5,8,10H2,1-2H3;1H. The van der Waals surface area contributed by atoms with Crippen LogP contribution in [0.2, 0.25) is 0 Å². The van der Waals surface area contributed by atoms with Gasteiger partial charge in [-0.1, -0.05) is 35.7 Å². The van der Waals surface area contributed by atoms with Crippen LogP contribution in [0.1, 0.15) is 31.7 Å². The summed E-state index contributed by atoms with van der Waals surface area (Å²) in [5.41, 5.74) is 1.20. The molecule has 0 bridgehead atoms. The minimum atomic E-state index is 0. The first-order valence-corrected chi connectivity index (χ1v) is 6.60. The van der Waals surface area contributed by atoms with Crippen molar-refractivity contribution >= 4 is 28.3 Å². The lowest BCUT2D eigenvalue weighted by molar-refractivity contribution is 0.407. The molecule has 2 nitrogen and oxygen atoms in total. The summed E-state index contributed by atoms with van der Waals surface area (Å²) in [5, 5.41) is 3.44. The highest BCUT2D eigenvalue weighted by Gasteiger charge is 2.02. The third kappa shape index (κ3) is 6.29. The molecule has 0 aromatic heterocycles. The van der Waals surface area contributed by atoms with Crippen LogP contribution in [0.25, 0.3) is 0 Å². The number of nitrogens with one attached hydrogen (secondary N) is 1. The van der Waals surface area contributed by atoms with Crippen LogP contribution in [-0.4, -0.2) is 13.7 Å². The number of hydrogen-bond donors (Lipinski definition) is 1. The molecule has 0 amide bonds. The molecule has 1 aromatic rings. The molecule has 0 spiro atoms. The van der Waals surface area contributed by atoms with Crippen molar-refractivity contribution in [2.75, 3.05) is 13.7 Å². The number of halogens is 2. The van der Waals surface area contributed by atoms with Crippen LogP contribution in [0, 0.1) is 0 Å². The largest absolute Gasteiger partial charge is 0.496 e. The molecule has 17 heavy (non-hydrogen) atoms. The van der Waals surface area contributed by atoms with Crippen LogP contribution in [-0.2, 0) is 6.54 Å². The van der Waals surface area contributed by atoms with E-state index in [1.165, 1.54) is 24.8 Å². The molecule has 0 heterocycles. The number of ether oxygens (including phenoxy) is 1. The highest BCUT2D eigenvalue weighted by atomic mass is 79.9. The average Bonchev–Trinajstić information content (AvgIpc) is 2.29. The summed E-state index contributed by atoms with van der Waals surface area (Å²) in [6.45, 7) is 4.16. The number of methoxy groups -OCH3 is 1. The van der Waals surface area contributed by atoms with Crippen LogP contribution >= 0.6 is 28.3 Å². The molecule has 98 valence electrons. The number of unbranched alkanes of at least 4 members (excludes halogenated alkanes) is 2. The molecular weight excluding hydrogens is 302 g/mol. The molecule has 0 aliphatic rings. The average molecular weight is 323 g/mol. The van der Waals surface area contributed by atoms with Gasteiger partial charge in [-0.25, -0.2) is 0 Å². The van der Waals surface area contributed by atoms with E-state index in [2.05, 4.69) is 34.2 Å². The van der Waals surface area contributed by atoms with Gasteiger partial charge >= 0.3 is 0 Å². The van der Waals surface area contributed by atoms with Crippen molar-refractivity contribution in [3.8, 4) is 5.75 Å². The van der Waals surface area contributed by atoms with Gasteiger partial charge in [-0.15, -0.1) is 12.4 Å². The Morgan fingerprint density at radius 3 is 2.71 bits per heavy atom. The highest BCUT2D eigenvalue weighted by Crippen LogP contribution is 2.22. The Kier molecular flexibility index (Phi) is 9.60. The molecule has 1 aromatic carbocycles. The molecule has 0 atom stereocenters. The molecule has 0 unspecified atom stereocenters. The number of benzene rings is 1. The Labute approximate surface area is 119 Å². The Morgan fingerprint density at radius 2 is 2.06 bits per heavy atom. The predicted molar refractivity (Wildman–Crippen MR) is 79.2 cm³/mol. The summed E-state index contributed by atoms with van der Waals surface area (Å²) in [4.78, 5) is 0. The van der Waals surface area contributed by atoms with E-state index in [0.29, 0.717) is 0 Å². The number of rotatable bonds is 7. The second kappa shape index (κ2) is 9.75. The fourth-order valence-corrected chi connectivity index (χ4v) is 2.02. The first kappa shape index (κ1) is 16.8. The first-order valence-electron chi connectivity index (χ1n) is 5.81. The zero-order valence-electron chi connectivity index (χ0n) is 10.5. The second-order valence-electron chi connectivity index (χ2n) is 3.84. The normalized spacial score (nSPS) is 9.82. The molecule has 0 fully saturated rings. The maximum Gasteiger partial charge on any atom is 0.123 e. The molecule has 0 aliphatic heterocycles. The lowest BCUT2D eigenvalue weighted by Crippen LogP contribution is -2.15. The fourth-order valence-electron chi connectivity index (χ4n) is 1.61. The molecule has 0 radical (unpaired) electrons. The summed E-state index contributed by atoms with van der Waals surface area (Å²) >= 11 is 3.48. The van der Waals surface area contributed by atoms with Gasteiger partial charge in [0.15, 0.2) is 0 Å². The van der Waals surface area contributed by atoms with E-state index in [9.17, 15) is 0 Å². The Morgan fingerprint density at radius 1 is 1.29 bits per heavy atom. The van der Waals surface area contributed by atoms with Crippen molar-refractivity contribution in [1.82, 2.24) is 5.32 Å². The van der Waals surface area contributed by atoms with Crippen molar-refractivity contribution in [2.24, 2.45) is 0 Å². The van der Waals surface area contributed by atoms with Crippen molar-refractivity contribution < 1.29 is 4.74 Å². The maximum atomic E-state index is 5.32. The van der Waals surface area contributed by atoms with Gasteiger partial charge in [-0.3, -0.25) is 0 Å². The van der Waals surface area contributed by atoms with Crippen LogP contribution in [0.4, 0.5) is 0 Å². The van der Waals surface area contributed by atoms with Crippen molar-refractivity contribution in [2.45, 2.75) is 32.7 Å². The number of hydrogen-bond acceptors (Lipinski definition) is 2. The zero-order valence-corrected chi connectivity index (χ0v) is 12.9. The van der Waals surface area contributed by atoms with E-state index in [1.54, 1.807) is 7.11 Å². The fraction of sp³-hybridized carbons (Fsp3) is 0.538. The van der Waals surface area contributed by atoms with Crippen LogP contribution in [0.5, 0.6) is 5.75 Å². The van der Waals surface area contributed by atoms with Gasteiger partial charge in [-0.05, 0) is 31.2 Å². The lowest BCUT2D eigenvalue weighted by Gasteiger charge is -2.10. The lowest BCUT2D eigenvalue weighted by atomic mass is 10.2. The molecular formula is C13H21BrClNO. The highest BCUT2D eigenvalue weighted by molar-refractivity contribution is 9.10. The predicted octanol–water partition coefficient (Wildman–Crippen LogP) is 4.16. The quantitative estimate of drug-likeness (QED) is 0.761. The summed E-state index contributed by atoms with van der Waals surface area (Å²) in [6.07, 6.45) is 3.80. The van der Waals surface area contributed by atoms with Crippen LogP contribution in [0.15, 0.2) is 22.7 Å². The molecule has 0 aliphatic carbocycles. The zero-order chi connectivity index (χ0) is 11.8. The van der Waals surface area contributed by atoms with E-state index in [1.807, 2.05) is 12.1 Å². The molecule has 1 N–H and O–H groups in total. The van der Waals surface area contributed by atoms with E-state index in [4.69, 9.17) is 4.74 Å². The van der Waals surface area contributed by atoms with Gasteiger partial charge in [0.25, 0.3) is 0 Å². The van der Waals surface area contributed by atoms with Gasteiger partial charge in [-0.2, -0.15) is 0 Å². The molecule has 0 saturated carbocycles. The maximum absolute atomic E-state index is 5.32. The Hall–Kier alpha value is -0.250. The third-order valence-corrected chi connectivity index (χ3v) is 3.01. The van der Waals surface area contributed by atoms with E-state index in [-0.39, 0.29) is 12.4 Å². The van der Waals surface area contributed by atoms with E-state index >= 15 is 0 Å². The van der Waals surface area contributed by atoms with Crippen molar-refractivity contribution in [3.63, 3.8) is 0 Å². The van der Waals surface area contributed by atoms with E-state index in [0.717, 1.165) is 23.3 Å². The van der Waals surface area contributed by atoms with Gasteiger partial charge in [0.2, 0.25) is 0 Å². The topological polar surface area (TPSA) is 21.3 Å². The van der Waals surface area contributed by atoms with Gasteiger partial charge in [0, 0.05) is 16.6 Å². The van der Waals surface area contributed by atoms with Gasteiger partial charge in [0.05, 0.1) is 7.11 Å². The van der Waals surface area contributed by atoms with Crippen LogP contribution in [0.3, 0.4) is 0 Å². The minimum absolute atomic E-state index is 0.